The molecular weight excluding hydrogens is 380 g/mol. The van der Waals surface area contributed by atoms with Crippen LogP contribution >= 0.6 is 0 Å². The first-order valence-corrected chi connectivity index (χ1v) is 9.41. The Balaban J connectivity index is 2.10. The van der Waals surface area contributed by atoms with Gasteiger partial charge in [-0.2, -0.15) is 0 Å². The number of pyridine rings is 1. The molecule has 27 heavy (non-hydrogen) atoms. The summed E-state index contributed by atoms with van der Waals surface area (Å²) in [6.07, 6.45) is 1.43. The standard InChI is InChI=1S/C17H19F2N3O4S/c1-17(2,8-7-16(23)24)21-15-6-4-12(10-20-15)27(25,26)22-11-3-5-13(18)14(19)9-11/h3-6,9-10,22H,7-8H2,1-2H3,(H,20,21)(H,23,24). The van der Waals surface area contributed by atoms with E-state index in [2.05, 4.69) is 15.0 Å². The molecule has 1 heterocycles. The Morgan fingerprint density at radius 3 is 2.44 bits per heavy atom. The Morgan fingerprint density at radius 1 is 1.19 bits per heavy atom. The van der Waals surface area contributed by atoms with Gasteiger partial charge in [0.1, 0.15) is 10.7 Å². The van der Waals surface area contributed by atoms with Gasteiger partial charge in [0.15, 0.2) is 11.6 Å². The second-order valence-electron chi connectivity index (χ2n) is 6.52. The lowest BCUT2D eigenvalue weighted by Gasteiger charge is -2.26. The Labute approximate surface area is 155 Å². The first kappa shape index (κ1) is 20.6. The lowest BCUT2D eigenvalue weighted by Crippen LogP contribution is -2.32. The normalized spacial score (nSPS) is 11.9. The van der Waals surface area contributed by atoms with Crippen LogP contribution in [0.2, 0.25) is 0 Å². The molecule has 2 aromatic rings. The van der Waals surface area contributed by atoms with Gasteiger partial charge < -0.3 is 10.4 Å². The molecule has 1 aromatic carbocycles. The molecule has 0 aliphatic heterocycles. The third-order valence-electron chi connectivity index (χ3n) is 3.65. The highest BCUT2D eigenvalue weighted by molar-refractivity contribution is 7.92. The Hall–Kier alpha value is -2.75. The molecule has 0 aliphatic carbocycles. The zero-order chi connectivity index (χ0) is 20.2. The maximum absolute atomic E-state index is 13.2. The van der Waals surface area contributed by atoms with Crippen LogP contribution in [0.3, 0.4) is 0 Å². The number of rotatable bonds is 8. The lowest BCUT2D eigenvalue weighted by atomic mass is 9.98. The molecule has 146 valence electrons. The summed E-state index contributed by atoms with van der Waals surface area (Å²) in [7, 11) is -4.03. The number of benzene rings is 1. The van der Waals surface area contributed by atoms with Gasteiger partial charge in [-0.05, 0) is 44.5 Å². The van der Waals surface area contributed by atoms with Crippen molar-refractivity contribution in [1.29, 1.82) is 0 Å². The zero-order valence-corrected chi connectivity index (χ0v) is 15.5. The molecule has 0 amide bonds. The SMILES string of the molecule is CC(C)(CCC(=O)O)Nc1ccc(S(=O)(=O)Nc2ccc(F)c(F)c2)cn1. The van der Waals surface area contributed by atoms with E-state index in [1.165, 1.54) is 12.1 Å². The number of carboxylic acids is 1. The van der Waals surface area contributed by atoms with Gasteiger partial charge in [-0.25, -0.2) is 22.2 Å². The number of hydrogen-bond acceptors (Lipinski definition) is 5. The molecule has 0 atom stereocenters. The van der Waals surface area contributed by atoms with Crippen LogP contribution in [-0.4, -0.2) is 30.0 Å². The van der Waals surface area contributed by atoms with Gasteiger partial charge in [-0.3, -0.25) is 9.52 Å². The van der Waals surface area contributed by atoms with Crippen LogP contribution in [0.1, 0.15) is 26.7 Å². The molecule has 0 aliphatic rings. The smallest absolute Gasteiger partial charge is 0.303 e. The van der Waals surface area contributed by atoms with Gasteiger partial charge in [-0.1, -0.05) is 0 Å². The van der Waals surface area contributed by atoms with Crippen LogP contribution in [0.25, 0.3) is 0 Å². The summed E-state index contributed by atoms with van der Waals surface area (Å²) in [5, 5.41) is 11.8. The van der Waals surface area contributed by atoms with Crippen LogP contribution in [0.4, 0.5) is 20.3 Å². The molecule has 0 fully saturated rings. The minimum absolute atomic E-state index is 0.0232. The summed E-state index contributed by atoms with van der Waals surface area (Å²) >= 11 is 0. The average Bonchev–Trinajstić information content (AvgIpc) is 2.56. The van der Waals surface area contributed by atoms with E-state index in [4.69, 9.17) is 5.11 Å². The topological polar surface area (TPSA) is 108 Å². The fourth-order valence-corrected chi connectivity index (χ4v) is 3.21. The van der Waals surface area contributed by atoms with Gasteiger partial charge in [0.05, 0.1) is 5.69 Å². The molecule has 1 aromatic heterocycles. The van der Waals surface area contributed by atoms with Crippen molar-refractivity contribution in [3.8, 4) is 0 Å². The molecule has 2 rings (SSSR count). The summed E-state index contributed by atoms with van der Waals surface area (Å²) in [5.41, 5.74) is -0.679. The fourth-order valence-electron chi connectivity index (χ4n) is 2.22. The van der Waals surface area contributed by atoms with Crippen molar-refractivity contribution in [2.24, 2.45) is 0 Å². The van der Waals surface area contributed by atoms with Crippen LogP contribution in [0.15, 0.2) is 41.4 Å². The number of hydrogen-bond donors (Lipinski definition) is 3. The monoisotopic (exact) mass is 399 g/mol. The van der Waals surface area contributed by atoms with Crippen molar-refractivity contribution in [2.45, 2.75) is 37.1 Å². The van der Waals surface area contributed by atoms with E-state index >= 15 is 0 Å². The van der Waals surface area contributed by atoms with Crippen molar-refractivity contribution in [3.05, 3.63) is 48.2 Å². The van der Waals surface area contributed by atoms with Gasteiger partial charge in [0.25, 0.3) is 10.0 Å². The van der Waals surface area contributed by atoms with Gasteiger partial charge >= 0.3 is 5.97 Å². The summed E-state index contributed by atoms with van der Waals surface area (Å²) in [6.45, 7) is 3.60. The number of nitrogens with one attached hydrogen (secondary N) is 2. The fraction of sp³-hybridized carbons (Fsp3) is 0.294. The van der Waals surface area contributed by atoms with Gasteiger partial charge in [0.2, 0.25) is 0 Å². The first-order chi connectivity index (χ1) is 12.5. The predicted octanol–water partition coefficient (Wildman–Crippen LogP) is 3.22. The van der Waals surface area contributed by atoms with E-state index in [-0.39, 0.29) is 17.0 Å². The van der Waals surface area contributed by atoms with Crippen LogP contribution in [0, 0.1) is 11.6 Å². The summed E-state index contributed by atoms with van der Waals surface area (Å²) in [4.78, 5) is 14.5. The maximum Gasteiger partial charge on any atom is 0.303 e. The molecular formula is C17H19F2N3O4S. The van der Waals surface area contributed by atoms with E-state index in [0.717, 1.165) is 24.4 Å². The molecule has 3 N–H and O–H groups in total. The highest BCUT2D eigenvalue weighted by Crippen LogP contribution is 2.21. The molecule has 10 heteroatoms. The molecule has 0 spiro atoms. The summed E-state index contributed by atoms with van der Waals surface area (Å²) < 4.78 is 52.9. The van der Waals surface area contributed by atoms with Crippen molar-refractivity contribution >= 4 is 27.5 Å². The quantitative estimate of drug-likeness (QED) is 0.629. The number of nitrogens with zero attached hydrogens (tertiary/aromatic N) is 1. The van der Waals surface area contributed by atoms with Crippen molar-refractivity contribution in [1.82, 2.24) is 4.98 Å². The van der Waals surface area contributed by atoms with E-state index in [1.807, 2.05) is 0 Å². The Bertz CT molecular complexity index is 932. The summed E-state index contributed by atoms with van der Waals surface area (Å²) in [5.74, 6) is -2.79. The Morgan fingerprint density at radius 2 is 1.89 bits per heavy atom. The van der Waals surface area contributed by atoms with E-state index in [0.29, 0.717) is 12.2 Å². The predicted molar refractivity (Wildman–Crippen MR) is 96.0 cm³/mol. The van der Waals surface area contributed by atoms with Crippen molar-refractivity contribution in [2.75, 3.05) is 10.0 Å². The van der Waals surface area contributed by atoms with Crippen molar-refractivity contribution in [3.63, 3.8) is 0 Å². The van der Waals surface area contributed by atoms with Crippen molar-refractivity contribution < 1.29 is 27.1 Å². The third-order valence-corrected chi connectivity index (χ3v) is 5.02. The number of carboxylic acid groups (broad SMARTS) is 1. The highest BCUT2D eigenvalue weighted by Gasteiger charge is 2.20. The van der Waals surface area contributed by atoms with E-state index < -0.39 is 33.2 Å². The Kier molecular flexibility index (Phi) is 5.99. The van der Waals surface area contributed by atoms with Crippen LogP contribution in [-0.2, 0) is 14.8 Å². The summed E-state index contributed by atoms with van der Waals surface area (Å²) in [6, 6.07) is 5.39. The maximum atomic E-state index is 13.2. The molecule has 0 saturated carbocycles. The number of sulfonamides is 1. The molecule has 0 saturated heterocycles. The van der Waals surface area contributed by atoms with E-state index in [9.17, 15) is 22.0 Å². The van der Waals surface area contributed by atoms with Crippen LogP contribution in [0.5, 0.6) is 0 Å². The minimum Gasteiger partial charge on any atom is -0.481 e. The molecule has 0 radical (unpaired) electrons. The molecule has 0 unspecified atom stereocenters. The zero-order valence-electron chi connectivity index (χ0n) is 14.7. The number of aromatic nitrogens is 1. The highest BCUT2D eigenvalue weighted by atomic mass is 32.2. The number of halogens is 2. The molecule has 7 nitrogen and oxygen atoms in total. The lowest BCUT2D eigenvalue weighted by molar-refractivity contribution is -0.137. The average molecular weight is 399 g/mol. The second-order valence-corrected chi connectivity index (χ2v) is 8.20. The number of carbonyl (C=O) groups is 1. The minimum atomic E-state index is -4.03. The van der Waals surface area contributed by atoms with Gasteiger partial charge in [0, 0.05) is 24.2 Å². The number of anilines is 2. The molecule has 0 bridgehead atoms. The first-order valence-electron chi connectivity index (χ1n) is 7.92. The van der Waals surface area contributed by atoms with E-state index in [1.54, 1.807) is 13.8 Å². The third kappa shape index (κ3) is 5.88. The second kappa shape index (κ2) is 7.87. The van der Waals surface area contributed by atoms with Crippen LogP contribution < -0.4 is 10.0 Å². The van der Waals surface area contributed by atoms with Gasteiger partial charge in [-0.15, -0.1) is 0 Å². The number of aliphatic carboxylic acids is 1. The largest absolute Gasteiger partial charge is 0.481 e.